The van der Waals surface area contributed by atoms with Crippen LogP contribution >= 0.6 is 0 Å². The van der Waals surface area contributed by atoms with Crippen LogP contribution in [0.3, 0.4) is 0 Å². The Morgan fingerprint density at radius 2 is 1.56 bits per heavy atom. The lowest BCUT2D eigenvalue weighted by molar-refractivity contribution is 0.305. The molecule has 4 rings (SSSR count). The van der Waals surface area contributed by atoms with Gasteiger partial charge in [-0.15, -0.1) is 0 Å². The standard InChI is InChI=1S/C29H33FO2/c1-28(2,3)26-13-19(7-11-24(26)25-15-22(31-6)10-12-27(25)30)18-32-23-9-8-20-16-29(4,5)17-21(20)14-23/h7-15H,16-18H2,1-6H3. The van der Waals surface area contributed by atoms with Gasteiger partial charge in [0.25, 0.3) is 0 Å². The molecular weight excluding hydrogens is 399 g/mol. The average molecular weight is 433 g/mol. The van der Waals surface area contributed by atoms with E-state index in [4.69, 9.17) is 9.47 Å². The molecule has 0 aromatic heterocycles. The molecule has 0 spiro atoms. The van der Waals surface area contributed by atoms with E-state index in [0.29, 0.717) is 23.3 Å². The van der Waals surface area contributed by atoms with E-state index in [2.05, 4.69) is 58.9 Å². The summed E-state index contributed by atoms with van der Waals surface area (Å²) in [6, 6.07) is 17.5. The summed E-state index contributed by atoms with van der Waals surface area (Å²) in [6.07, 6.45) is 2.22. The van der Waals surface area contributed by atoms with Gasteiger partial charge in [-0.1, -0.05) is 58.9 Å². The molecule has 0 heterocycles. The molecule has 0 saturated heterocycles. The number of halogens is 1. The van der Waals surface area contributed by atoms with Gasteiger partial charge < -0.3 is 9.47 Å². The Kier molecular flexibility index (Phi) is 5.79. The SMILES string of the molecule is COc1ccc(F)c(-c2ccc(COc3ccc4c(c3)CC(C)(C)C4)cc2C(C)(C)C)c1. The van der Waals surface area contributed by atoms with Gasteiger partial charge in [-0.3, -0.25) is 0 Å². The summed E-state index contributed by atoms with van der Waals surface area (Å²) in [7, 11) is 1.60. The molecule has 0 unspecified atom stereocenters. The highest BCUT2D eigenvalue weighted by Crippen LogP contribution is 2.39. The topological polar surface area (TPSA) is 18.5 Å². The van der Waals surface area contributed by atoms with E-state index in [0.717, 1.165) is 35.3 Å². The zero-order chi connectivity index (χ0) is 23.1. The quantitative estimate of drug-likeness (QED) is 0.415. The van der Waals surface area contributed by atoms with Gasteiger partial charge >= 0.3 is 0 Å². The van der Waals surface area contributed by atoms with Crippen molar-refractivity contribution in [1.29, 1.82) is 0 Å². The van der Waals surface area contributed by atoms with Gasteiger partial charge in [-0.05, 0) is 81.8 Å². The highest BCUT2D eigenvalue weighted by molar-refractivity contribution is 5.71. The van der Waals surface area contributed by atoms with E-state index >= 15 is 0 Å². The summed E-state index contributed by atoms with van der Waals surface area (Å²) in [5.41, 5.74) is 6.60. The number of rotatable bonds is 5. The van der Waals surface area contributed by atoms with Crippen molar-refractivity contribution in [3.05, 3.63) is 82.7 Å². The lowest BCUT2D eigenvalue weighted by Crippen LogP contribution is -2.14. The smallest absolute Gasteiger partial charge is 0.131 e. The fraction of sp³-hybridized carbons (Fsp3) is 0.379. The van der Waals surface area contributed by atoms with Crippen LogP contribution < -0.4 is 9.47 Å². The second-order valence-corrected chi connectivity index (χ2v) is 10.7. The van der Waals surface area contributed by atoms with Crippen LogP contribution in [0.25, 0.3) is 11.1 Å². The third-order valence-electron chi connectivity index (χ3n) is 6.28. The number of methoxy groups -OCH3 is 1. The average Bonchev–Trinajstić information content (AvgIpc) is 3.05. The Hall–Kier alpha value is -2.81. The van der Waals surface area contributed by atoms with Crippen molar-refractivity contribution in [3.63, 3.8) is 0 Å². The fourth-order valence-corrected chi connectivity index (χ4v) is 4.66. The molecule has 0 amide bonds. The van der Waals surface area contributed by atoms with Crippen LogP contribution in [0, 0.1) is 11.2 Å². The molecule has 0 aliphatic heterocycles. The minimum Gasteiger partial charge on any atom is -0.497 e. The van der Waals surface area contributed by atoms with Crippen molar-refractivity contribution in [1.82, 2.24) is 0 Å². The molecule has 2 nitrogen and oxygen atoms in total. The van der Waals surface area contributed by atoms with E-state index < -0.39 is 0 Å². The maximum Gasteiger partial charge on any atom is 0.131 e. The Labute approximate surface area is 191 Å². The fourth-order valence-electron chi connectivity index (χ4n) is 4.66. The predicted octanol–water partition coefficient (Wildman–Crippen LogP) is 7.50. The number of ether oxygens (including phenoxy) is 2. The van der Waals surface area contributed by atoms with E-state index in [1.807, 2.05) is 12.1 Å². The van der Waals surface area contributed by atoms with Gasteiger partial charge in [-0.2, -0.15) is 0 Å². The maximum atomic E-state index is 14.7. The van der Waals surface area contributed by atoms with Crippen LogP contribution in [0.4, 0.5) is 4.39 Å². The predicted molar refractivity (Wildman–Crippen MR) is 129 cm³/mol. The van der Waals surface area contributed by atoms with Gasteiger partial charge in [0.1, 0.15) is 23.9 Å². The first-order valence-corrected chi connectivity index (χ1v) is 11.3. The molecule has 3 heteroatoms. The van der Waals surface area contributed by atoms with Gasteiger partial charge in [0.2, 0.25) is 0 Å². The van der Waals surface area contributed by atoms with Crippen molar-refractivity contribution >= 4 is 0 Å². The Morgan fingerprint density at radius 1 is 0.844 bits per heavy atom. The first-order valence-electron chi connectivity index (χ1n) is 11.3. The minimum atomic E-state index is -0.249. The molecule has 168 valence electrons. The zero-order valence-corrected chi connectivity index (χ0v) is 20.0. The molecule has 0 saturated carbocycles. The number of benzene rings is 3. The summed E-state index contributed by atoms with van der Waals surface area (Å²) >= 11 is 0. The van der Waals surface area contributed by atoms with Crippen LogP contribution in [-0.4, -0.2) is 7.11 Å². The molecule has 1 aliphatic carbocycles. The Bertz CT molecular complexity index is 1140. The summed E-state index contributed by atoms with van der Waals surface area (Å²) in [5, 5.41) is 0. The molecule has 32 heavy (non-hydrogen) atoms. The highest BCUT2D eigenvalue weighted by atomic mass is 19.1. The first kappa shape index (κ1) is 22.4. The number of fused-ring (bicyclic) bond motifs is 1. The molecule has 0 N–H and O–H groups in total. The van der Waals surface area contributed by atoms with Crippen molar-refractivity contribution in [2.75, 3.05) is 7.11 Å². The largest absolute Gasteiger partial charge is 0.497 e. The second-order valence-electron chi connectivity index (χ2n) is 10.7. The van der Waals surface area contributed by atoms with E-state index in [9.17, 15) is 4.39 Å². The van der Waals surface area contributed by atoms with Crippen LogP contribution in [0.2, 0.25) is 0 Å². The molecule has 0 radical (unpaired) electrons. The Morgan fingerprint density at radius 3 is 2.28 bits per heavy atom. The van der Waals surface area contributed by atoms with E-state index in [-0.39, 0.29) is 11.2 Å². The van der Waals surface area contributed by atoms with Gasteiger partial charge in [0, 0.05) is 5.56 Å². The molecule has 3 aromatic carbocycles. The van der Waals surface area contributed by atoms with Crippen molar-refractivity contribution in [2.45, 2.75) is 59.5 Å². The zero-order valence-electron chi connectivity index (χ0n) is 20.0. The molecule has 0 bridgehead atoms. The highest BCUT2D eigenvalue weighted by Gasteiger charge is 2.28. The van der Waals surface area contributed by atoms with Gasteiger partial charge in [-0.25, -0.2) is 4.39 Å². The molecule has 0 fully saturated rings. The normalized spacial score (nSPS) is 14.8. The maximum absolute atomic E-state index is 14.7. The van der Waals surface area contributed by atoms with Crippen molar-refractivity contribution < 1.29 is 13.9 Å². The molecular formula is C29H33FO2. The molecule has 0 atom stereocenters. The second kappa shape index (κ2) is 8.27. The van der Waals surface area contributed by atoms with Crippen LogP contribution in [0.1, 0.15) is 56.9 Å². The molecule has 1 aliphatic rings. The summed E-state index contributed by atoms with van der Waals surface area (Å²) in [5.74, 6) is 1.30. The number of hydrogen-bond acceptors (Lipinski definition) is 2. The summed E-state index contributed by atoms with van der Waals surface area (Å²) in [6.45, 7) is 11.6. The van der Waals surface area contributed by atoms with Crippen molar-refractivity contribution in [2.24, 2.45) is 5.41 Å². The number of hydrogen-bond donors (Lipinski definition) is 0. The van der Waals surface area contributed by atoms with Crippen LogP contribution in [-0.2, 0) is 24.9 Å². The monoisotopic (exact) mass is 432 g/mol. The van der Waals surface area contributed by atoms with Crippen molar-refractivity contribution in [3.8, 4) is 22.6 Å². The lowest BCUT2D eigenvalue weighted by atomic mass is 9.81. The third-order valence-corrected chi connectivity index (χ3v) is 6.28. The third kappa shape index (κ3) is 4.67. The van der Waals surface area contributed by atoms with E-state index in [1.165, 1.54) is 17.2 Å². The lowest BCUT2D eigenvalue weighted by Gasteiger charge is -2.24. The molecule has 3 aromatic rings. The first-order chi connectivity index (χ1) is 15.1. The van der Waals surface area contributed by atoms with Gasteiger partial charge in [0.15, 0.2) is 0 Å². The Balaban J connectivity index is 1.61. The minimum absolute atomic E-state index is 0.153. The van der Waals surface area contributed by atoms with Crippen LogP contribution in [0.15, 0.2) is 54.6 Å². The van der Waals surface area contributed by atoms with Crippen LogP contribution in [0.5, 0.6) is 11.5 Å². The van der Waals surface area contributed by atoms with Gasteiger partial charge in [0.05, 0.1) is 7.11 Å². The summed E-state index contributed by atoms with van der Waals surface area (Å²) in [4.78, 5) is 0. The van der Waals surface area contributed by atoms with E-state index in [1.54, 1.807) is 19.2 Å². The summed E-state index contributed by atoms with van der Waals surface area (Å²) < 4.78 is 26.2.